The lowest BCUT2D eigenvalue weighted by Crippen LogP contribution is -2.63. The van der Waals surface area contributed by atoms with E-state index in [1.165, 1.54) is 0 Å². The molecule has 5 aliphatic rings. The van der Waals surface area contributed by atoms with Gasteiger partial charge >= 0.3 is 0 Å². The quantitative estimate of drug-likeness (QED) is 0.359. The Bertz CT molecular complexity index is 1590. The van der Waals surface area contributed by atoms with Gasteiger partial charge in [-0.15, -0.1) is 0 Å². The molecule has 0 amide bonds. The van der Waals surface area contributed by atoms with Crippen LogP contribution in [0.2, 0.25) is 0 Å². The number of aliphatic hydroxyl groups excluding tert-OH is 2. The second-order valence-corrected chi connectivity index (χ2v) is 14.4. The minimum atomic E-state index is -1.42. The molecule has 8 nitrogen and oxygen atoms in total. The van der Waals surface area contributed by atoms with Crippen molar-refractivity contribution in [3.63, 3.8) is 0 Å². The van der Waals surface area contributed by atoms with Gasteiger partial charge in [-0.3, -0.25) is 9.59 Å². The molecular formula is C35H38BrNO7. The molecule has 9 atom stereocenters. The van der Waals surface area contributed by atoms with Crippen LogP contribution in [0.15, 0.2) is 70.7 Å². The number of Topliss-reactive ketones (excluding diaryl/α,β-unsaturated/α-hetero) is 1. The molecule has 9 heteroatoms. The van der Waals surface area contributed by atoms with Crippen LogP contribution in [-0.4, -0.2) is 46.2 Å². The first-order chi connectivity index (χ1) is 21.0. The number of halogens is 1. The summed E-state index contributed by atoms with van der Waals surface area (Å²) in [6.45, 7) is 3.80. The van der Waals surface area contributed by atoms with Crippen molar-refractivity contribution in [3.8, 4) is 5.75 Å². The topological polar surface area (TPSA) is 128 Å². The van der Waals surface area contributed by atoms with Gasteiger partial charge in [-0.05, 0) is 85.6 Å². The molecule has 44 heavy (non-hydrogen) atoms. The van der Waals surface area contributed by atoms with Crippen molar-refractivity contribution in [2.75, 3.05) is 12.3 Å². The van der Waals surface area contributed by atoms with Crippen molar-refractivity contribution >= 4 is 33.2 Å². The fraction of sp³-hybridized carbons (Fsp3) is 0.486. The molecule has 4 N–H and O–H groups in total. The highest BCUT2D eigenvalue weighted by atomic mass is 79.9. The molecule has 0 spiro atoms. The van der Waals surface area contributed by atoms with E-state index < -0.39 is 47.3 Å². The Hall–Kier alpha value is -2.82. The van der Waals surface area contributed by atoms with Gasteiger partial charge in [0.05, 0.1) is 12.2 Å². The fourth-order valence-electron chi connectivity index (χ4n) is 9.47. The summed E-state index contributed by atoms with van der Waals surface area (Å²) in [4.78, 5) is 26.0. The number of anilines is 1. The van der Waals surface area contributed by atoms with E-state index in [-0.39, 0.29) is 23.5 Å². The zero-order valence-corrected chi connectivity index (χ0v) is 26.5. The normalized spacial score (nSPS) is 38.8. The van der Waals surface area contributed by atoms with Gasteiger partial charge in [0, 0.05) is 32.5 Å². The molecule has 4 aliphatic carbocycles. The average molecular weight is 665 g/mol. The summed E-state index contributed by atoms with van der Waals surface area (Å²) in [6.07, 6.45) is 5.60. The molecule has 1 heterocycles. The summed E-state index contributed by atoms with van der Waals surface area (Å²) in [5.74, 6) is 0.209. The lowest BCUT2D eigenvalue weighted by Gasteiger charge is -2.59. The Morgan fingerprint density at radius 3 is 2.80 bits per heavy atom. The zero-order chi connectivity index (χ0) is 31.0. The maximum absolute atomic E-state index is 13.8. The van der Waals surface area contributed by atoms with E-state index in [1.807, 2.05) is 55.5 Å². The van der Waals surface area contributed by atoms with Crippen molar-refractivity contribution in [1.29, 1.82) is 0 Å². The molecule has 0 aromatic heterocycles. The first-order valence-corrected chi connectivity index (χ1v) is 16.2. The molecule has 2 aromatic carbocycles. The van der Waals surface area contributed by atoms with E-state index in [9.17, 15) is 19.8 Å². The SMILES string of the molecule is C[C@]12C=CC(=O)C=C1CC[C@@H]1[C@@H]2[C@@H](O)C[C@@]2(C)[C@H]1C[C@H]1O[C@H](c3cc(OCc4cccc(N)c4)ccc3Br)O[C@]12C(=O)CO. The first-order valence-electron chi connectivity index (χ1n) is 15.4. The Labute approximate surface area is 265 Å². The molecule has 0 radical (unpaired) electrons. The monoisotopic (exact) mass is 663 g/mol. The van der Waals surface area contributed by atoms with Gasteiger partial charge in [-0.1, -0.05) is 53.6 Å². The van der Waals surface area contributed by atoms with E-state index >= 15 is 0 Å². The molecule has 0 bridgehead atoms. The zero-order valence-electron chi connectivity index (χ0n) is 24.9. The summed E-state index contributed by atoms with van der Waals surface area (Å²) >= 11 is 3.64. The standard InChI is InChI=1S/C35H38BrNO7/c1-33-11-10-22(39)13-20(33)6-8-24-26-15-30-35(29(41)17-38,34(26,2)16-28(40)31(24)33)44-32(43-30)25-14-23(7-9-27(25)36)42-18-19-4-3-5-21(37)12-19/h3-5,7,9-14,24,26,28,30-32,38,40H,6,8,15-18,37H2,1-2H3/t24-,26-,28-,30+,31+,32-,33-,34-,35+/m0/s1. The van der Waals surface area contributed by atoms with Gasteiger partial charge in [0.25, 0.3) is 0 Å². The smallest absolute Gasteiger partial charge is 0.193 e. The number of hydrogen-bond acceptors (Lipinski definition) is 8. The largest absolute Gasteiger partial charge is 0.489 e. The number of nitrogens with two attached hydrogens (primary N) is 1. The number of benzene rings is 2. The van der Waals surface area contributed by atoms with E-state index in [4.69, 9.17) is 19.9 Å². The Morgan fingerprint density at radius 2 is 2.02 bits per heavy atom. The first kappa shape index (κ1) is 29.9. The van der Waals surface area contributed by atoms with Crippen LogP contribution < -0.4 is 10.5 Å². The van der Waals surface area contributed by atoms with Crippen LogP contribution in [0, 0.1) is 28.6 Å². The number of rotatable bonds is 6. The number of aliphatic hydroxyl groups is 2. The molecule has 3 saturated carbocycles. The molecular weight excluding hydrogens is 626 g/mol. The number of ether oxygens (including phenoxy) is 3. The Morgan fingerprint density at radius 1 is 1.20 bits per heavy atom. The fourth-order valence-corrected chi connectivity index (χ4v) is 9.90. The number of allylic oxidation sites excluding steroid dienone is 4. The second kappa shape index (κ2) is 10.6. The predicted molar refractivity (Wildman–Crippen MR) is 166 cm³/mol. The molecule has 7 rings (SSSR count). The number of fused-ring (bicyclic) bond motifs is 7. The highest BCUT2D eigenvalue weighted by molar-refractivity contribution is 9.10. The predicted octanol–water partition coefficient (Wildman–Crippen LogP) is 5.21. The molecule has 0 unspecified atom stereocenters. The van der Waals surface area contributed by atoms with Crippen molar-refractivity contribution in [2.24, 2.45) is 28.6 Å². The molecule has 1 saturated heterocycles. The van der Waals surface area contributed by atoms with Crippen LogP contribution in [0.4, 0.5) is 5.69 Å². The van der Waals surface area contributed by atoms with Crippen molar-refractivity contribution in [3.05, 3.63) is 81.9 Å². The van der Waals surface area contributed by atoms with Crippen LogP contribution in [0.25, 0.3) is 0 Å². The number of carbonyl (C=O) groups is 2. The number of hydrogen-bond donors (Lipinski definition) is 3. The third-order valence-electron chi connectivity index (χ3n) is 11.4. The van der Waals surface area contributed by atoms with Crippen LogP contribution >= 0.6 is 15.9 Å². The van der Waals surface area contributed by atoms with Gasteiger partial charge in [-0.25, -0.2) is 0 Å². The number of ketones is 2. The Kier molecular flexibility index (Phi) is 7.21. The van der Waals surface area contributed by atoms with Gasteiger partial charge in [0.1, 0.15) is 19.0 Å². The summed E-state index contributed by atoms with van der Waals surface area (Å²) < 4.78 is 20.2. The third kappa shape index (κ3) is 4.31. The Balaban J connectivity index is 1.19. The lowest BCUT2D eigenvalue weighted by atomic mass is 9.46. The van der Waals surface area contributed by atoms with Crippen LogP contribution in [-0.2, 0) is 25.7 Å². The minimum absolute atomic E-state index is 0.00723. The van der Waals surface area contributed by atoms with Crippen LogP contribution in [0.5, 0.6) is 5.75 Å². The summed E-state index contributed by atoms with van der Waals surface area (Å²) in [6, 6.07) is 13.1. The molecule has 4 fully saturated rings. The van der Waals surface area contributed by atoms with E-state index in [0.717, 1.165) is 28.5 Å². The van der Waals surface area contributed by atoms with Crippen molar-refractivity contribution in [2.45, 2.75) is 70.2 Å². The van der Waals surface area contributed by atoms with Gasteiger partial charge in [-0.2, -0.15) is 0 Å². The maximum Gasteiger partial charge on any atom is 0.193 e. The molecule has 1 aliphatic heterocycles. The summed E-state index contributed by atoms with van der Waals surface area (Å²) in [7, 11) is 0. The number of nitrogen functional groups attached to an aromatic ring is 1. The van der Waals surface area contributed by atoms with E-state index in [0.29, 0.717) is 36.4 Å². The maximum atomic E-state index is 13.8. The van der Waals surface area contributed by atoms with Crippen LogP contribution in [0.1, 0.15) is 56.9 Å². The van der Waals surface area contributed by atoms with E-state index in [2.05, 4.69) is 22.9 Å². The lowest BCUT2D eigenvalue weighted by molar-refractivity contribution is -0.201. The molecule has 2 aromatic rings. The summed E-state index contributed by atoms with van der Waals surface area (Å²) in [5.41, 5.74) is 6.65. The highest BCUT2D eigenvalue weighted by Crippen LogP contribution is 2.70. The van der Waals surface area contributed by atoms with Gasteiger partial charge < -0.3 is 30.2 Å². The second-order valence-electron chi connectivity index (χ2n) is 13.6. The van der Waals surface area contributed by atoms with Crippen LogP contribution in [0.3, 0.4) is 0 Å². The summed E-state index contributed by atoms with van der Waals surface area (Å²) in [5, 5.41) is 22.1. The van der Waals surface area contributed by atoms with Gasteiger partial charge in [0.2, 0.25) is 0 Å². The molecule has 232 valence electrons. The highest BCUT2D eigenvalue weighted by Gasteiger charge is 2.76. The minimum Gasteiger partial charge on any atom is -0.489 e. The third-order valence-corrected chi connectivity index (χ3v) is 12.1. The van der Waals surface area contributed by atoms with E-state index in [1.54, 1.807) is 12.2 Å². The van der Waals surface area contributed by atoms with Crippen molar-refractivity contribution in [1.82, 2.24) is 0 Å². The van der Waals surface area contributed by atoms with Gasteiger partial charge in [0.15, 0.2) is 23.5 Å². The average Bonchev–Trinajstić information content (AvgIpc) is 3.49. The number of carbonyl (C=O) groups excluding carboxylic acids is 2. The van der Waals surface area contributed by atoms with Crippen molar-refractivity contribution < 1.29 is 34.0 Å².